The first kappa shape index (κ1) is 12.6. The van der Waals surface area contributed by atoms with Crippen LogP contribution in [0.4, 0.5) is 0 Å². The molecule has 0 radical (unpaired) electrons. The number of benzene rings is 1. The first-order chi connectivity index (χ1) is 8.57. The monoisotopic (exact) mass is 244 g/mol. The molecule has 0 atom stereocenters. The lowest BCUT2D eigenvalue weighted by Crippen LogP contribution is -2.46. The molecule has 2 N–H and O–H groups in total. The van der Waals surface area contributed by atoms with Crippen molar-refractivity contribution >= 4 is 11.7 Å². The van der Waals surface area contributed by atoms with Gasteiger partial charge in [0.15, 0.2) is 0 Å². The zero-order valence-corrected chi connectivity index (χ0v) is 11.2. The van der Waals surface area contributed by atoms with Crippen molar-refractivity contribution in [3.63, 3.8) is 0 Å². The topological polar surface area (TPSA) is 48.8 Å². The highest BCUT2D eigenvalue weighted by molar-refractivity contribution is 5.99. The van der Waals surface area contributed by atoms with Gasteiger partial charge in [0.1, 0.15) is 0 Å². The Morgan fingerprint density at radius 2 is 2.06 bits per heavy atom. The van der Waals surface area contributed by atoms with Crippen LogP contribution in [0.2, 0.25) is 0 Å². The van der Waals surface area contributed by atoms with Crippen molar-refractivity contribution in [2.75, 3.05) is 13.1 Å². The van der Waals surface area contributed by atoms with Gasteiger partial charge >= 0.3 is 0 Å². The molecule has 4 heteroatoms. The van der Waals surface area contributed by atoms with Crippen LogP contribution in [0.15, 0.2) is 40.4 Å². The second-order valence-electron chi connectivity index (χ2n) is 5.36. The summed E-state index contributed by atoms with van der Waals surface area (Å²) in [5.74, 6) is 0.754. The Hall–Kier alpha value is -1.84. The van der Waals surface area contributed by atoms with Gasteiger partial charge in [0.25, 0.3) is 0 Å². The Balaban J connectivity index is 1.98. The number of hydrazone groups is 1. The number of nitrogens with zero attached hydrogens (tertiary/aromatic N) is 2. The molecule has 2 rings (SSSR count). The Morgan fingerprint density at radius 1 is 1.33 bits per heavy atom. The second-order valence-corrected chi connectivity index (χ2v) is 5.36. The highest BCUT2D eigenvalue weighted by atomic mass is 15.4. The number of nitrogens with one attached hydrogen (secondary N) is 2. The predicted octanol–water partition coefficient (Wildman–Crippen LogP) is 1.99. The lowest BCUT2D eigenvalue weighted by molar-refractivity contribution is 0.358. The van der Waals surface area contributed by atoms with Gasteiger partial charge in [-0.1, -0.05) is 44.2 Å². The molecule has 1 aliphatic heterocycles. The third kappa shape index (κ3) is 3.32. The molecule has 0 bridgehead atoms. The van der Waals surface area contributed by atoms with Crippen LogP contribution in [0.3, 0.4) is 0 Å². The largest absolute Gasteiger partial charge is 0.354 e. The van der Waals surface area contributed by atoms with E-state index in [0.717, 1.165) is 30.3 Å². The van der Waals surface area contributed by atoms with Crippen LogP contribution in [-0.2, 0) is 0 Å². The van der Waals surface area contributed by atoms with Gasteiger partial charge < -0.3 is 5.32 Å². The predicted molar refractivity (Wildman–Crippen MR) is 75.9 cm³/mol. The highest BCUT2D eigenvalue weighted by Gasteiger charge is 2.21. The minimum atomic E-state index is 0.226. The van der Waals surface area contributed by atoms with Gasteiger partial charge in [-0.05, 0) is 12.5 Å². The first-order valence-corrected chi connectivity index (χ1v) is 6.21. The molecule has 0 unspecified atom stereocenters. The van der Waals surface area contributed by atoms with Gasteiger partial charge in [-0.2, -0.15) is 5.10 Å². The molecule has 96 valence electrons. The van der Waals surface area contributed by atoms with E-state index in [0.29, 0.717) is 0 Å². The summed E-state index contributed by atoms with van der Waals surface area (Å²) >= 11 is 0. The van der Waals surface area contributed by atoms with E-state index in [1.165, 1.54) is 0 Å². The molecule has 0 saturated heterocycles. The molecule has 0 saturated carbocycles. The molecule has 1 aromatic carbocycles. The molecule has 0 aliphatic carbocycles. The average Bonchev–Trinajstić information content (AvgIpc) is 2.38. The van der Waals surface area contributed by atoms with Gasteiger partial charge in [0, 0.05) is 18.5 Å². The maximum Gasteiger partial charge on any atom is 0.212 e. The molecule has 18 heavy (non-hydrogen) atoms. The first-order valence-electron chi connectivity index (χ1n) is 6.21. The van der Waals surface area contributed by atoms with Crippen molar-refractivity contribution in [1.29, 1.82) is 0 Å². The number of aliphatic imine (C=N–C) groups is 1. The van der Waals surface area contributed by atoms with Crippen LogP contribution in [0.25, 0.3) is 0 Å². The lowest BCUT2D eigenvalue weighted by Gasteiger charge is -2.28. The van der Waals surface area contributed by atoms with Crippen molar-refractivity contribution in [3.05, 3.63) is 35.9 Å². The quantitative estimate of drug-likeness (QED) is 0.617. The van der Waals surface area contributed by atoms with Gasteiger partial charge in [0.05, 0.1) is 5.71 Å². The molecular formula is C14H20N4. The summed E-state index contributed by atoms with van der Waals surface area (Å²) in [5, 5.41) is 7.59. The van der Waals surface area contributed by atoms with Crippen molar-refractivity contribution in [3.8, 4) is 0 Å². The number of hydrogen-bond donors (Lipinski definition) is 2. The second kappa shape index (κ2) is 5.21. The van der Waals surface area contributed by atoms with Gasteiger partial charge in [-0.15, -0.1) is 0 Å². The molecule has 0 amide bonds. The molecule has 1 aliphatic rings. The van der Waals surface area contributed by atoms with Crippen LogP contribution in [0.1, 0.15) is 26.3 Å². The maximum absolute atomic E-state index is 4.44. The fraction of sp³-hybridized carbons (Fsp3) is 0.429. The number of guanidine groups is 1. The maximum atomic E-state index is 4.44. The van der Waals surface area contributed by atoms with Crippen LogP contribution < -0.4 is 10.7 Å². The molecule has 4 nitrogen and oxygen atoms in total. The standard InChI is InChI=1S/C14H20N4/c1-11(12-7-5-4-6-8-12)17-18-13-15-9-14(2,3)10-16-13/h4-8H,9-10H2,1-3H3,(H2,15,16,18)/b17-11+. The Labute approximate surface area is 108 Å². The SMILES string of the molecule is C/C(=N\NC1=NCC(C)(C)CN1)c1ccccc1. The van der Waals surface area contributed by atoms with E-state index in [-0.39, 0.29) is 5.41 Å². The summed E-state index contributed by atoms with van der Waals surface area (Å²) in [4.78, 5) is 4.44. The van der Waals surface area contributed by atoms with Gasteiger partial charge in [-0.25, -0.2) is 5.43 Å². The summed E-state index contributed by atoms with van der Waals surface area (Å²) in [6.07, 6.45) is 0. The lowest BCUT2D eigenvalue weighted by atomic mass is 9.93. The third-order valence-electron chi connectivity index (χ3n) is 2.92. The van der Waals surface area contributed by atoms with Gasteiger partial charge in [-0.3, -0.25) is 4.99 Å². The van der Waals surface area contributed by atoms with E-state index in [2.05, 4.69) is 34.7 Å². The summed E-state index contributed by atoms with van der Waals surface area (Å²) in [6, 6.07) is 10.1. The van der Waals surface area contributed by atoms with Gasteiger partial charge in [0.2, 0.25) is 5.96 Å². The van der Waals surface area contributed by atoms with E-state index in [4.69, 9.17) is 0 Å². The van der Waals surface area contributed by atoms with Crippen molar-refractivity contribution in [1.82, 2.24) is 10.7 Å². The minimum absolute atomic E-state index is 0.226. The van der Waals surface area contributed by atoms with E-state index < -0.39 is 0 Å². The molecule has 1 heterocycles. The number of rotatable bonds is 2. The Kier molecular flexibility index (Phi) is 3.65. The minimum Gasteiger partial charge on any atom is -0.354 e. The summed E-state index contributed by atoms with van der Waals surface area (Å²) in [6.45, 7) is 8.11. The van der Waals surface area contributed by atoms with E-state index in [1.54, 1.807) is 0 Å². The van der Waals surface area contributed by atoms with Crippen LogP contribution in [0.5, 0.6) is 0 Å². The van der Waals surface area contributed by atoms with E-state index in [9.17, 15) is 0 Å². The summed E-state index contributed by atoms with van der Waals surface area (Å²) in [5.41, 5.74) is 5.27. The fourth-order valence-electron chi connectivity index (χ4n) is 1.68. The van der Waals surface area contributed by atoms with Crippen molar-refractivity contribution < 1.29 is 0 Å². The number of hydrogen-bond acceptors (Lipinski definition) is 4. The van der Waals surface area contributed by atoms with Crippen LogP contribution in [-0.4, -0.2) is 24.8 Å². The highest BCUT2D eigenvalue weighted by Crippen LogP contribution is 2.16. The smallest absolute Gasteiger partial charge is 0.212 e. The third-order valence-corrected chi connectivity index (χ3v) is 2.92. The Bertz CT molecular complexity index is 460. The van der Waals surface area contributed by atoms with E-state index >= 15 is 0 Å². The summed E-state index contributed by atoms with van der Waals surface area (Å²) in [7, 11) is 0. The van der Waals surface area contributed by atoms with Crippen molar-refractivity contribution in [2.24, 2.45) is 15.5 Å². The fourth-order valence-corrected chi connectivity index (χ4v) is 1.68. The van der Waals surface area contributed by atoms with Crippen molar-refractivity contribution in [2.45, 2.75) is 20.8 Å². The molecule has 0 fully saturated rings. The normalized spacial score (nSPS) is 18.8. The Morgan fingerprint density at radius 3 is 2.67 bits per heavy atom. The average molecular weight is 244 g/mol. The zero-order chi connectivity index (χ0) is 13.0. The molecular weight excluding hydrogens is 224 g/mol. The zero-order valence-electron chi connectivity index (χ0n) is 11.2. The molecule has 1 aromatic rings. The molecule has 0 spiro atoms. The summed E-state index contributed by atoms with van der Waals surface area (Å²) < 4.78 is 0. The van der Waals surface area contributed by atoms with Crippen LogP contribution in [0, 0.1) is 5.41 Å². The molecule has 0 aromatic heterocycles. The van der Waals surface area contributed by atoms with E-state index in [1.807, 2.05) is 37.3 Å². The van der Waals surface area contributed by atoms with Crippen LogP contribution >= 0.6 is 0 Å².